The van der Waals surface area contributed by atoms with Crippen LogP contribution in [0.5, 0.6) is 0 Å². The summed E-state index contributed by atoms with van der Waals surface area (Å²) in [6.45, 7) is 4.68. The normalized spacial score (nSPS) is 25.5. The second-order valence-corrected chi connectivity index (χ2v) is 7.42. The minimum Gasteiger partial charge on any atom is -0.323 e. The van der Waals surface area contributed by atoms with E-state index >= 15 is 0 Å². The zero-order chi connectivity index (χ0) is 15.0. The lowest BCUT2D eigenvalue weighted by molar-refractivity contribution is 0.262. The van der Waals surface area contributed by atoms with E-state index in [-0.39, 0.29) is 18.4 Å². The van der Waals surface area contributed by atoms with E-state index in [0.717, 1.165) is 5.56 Å². The summed E-state index contributed by atoms with van der Waals surface area (Å²) >= 11 is 0. The van der Waals surface area contributed by atoms with Crippen LogP contribution in [-0.4, -0.2) is 28.7 Å². The second kappa shape index (κ2) is 5.54. The molecule has 0 amide bonds. The van der Waals surface area contributed by atoms with Crippen molar-refractivity contribution in [3.05, 3.63) is 48.0 Å². The van der Waals surface area contributed by atoms with Gasteiger partial charge < -0.3 is 9.42 Å². The Labute approximate surface area is 124 Å². The van der Waals surface area contributed by atoms with Gasteiger partial charge in [-0.25, -0.2) is 0 Å². The van der Waals surface area contributed by atoms with Crippen molar-refractivity contribution in [1.82, 2.24) is 4.90 Å². The Balaban J connectivity index is 1.79. The van der Waals surface area contributed by atoms with Crippen LogP contribution in [0.3, 0.4) is 0 Å². The van der Waals surface area contributed by atoms with Gasteiger partial charge in [0, 0.05) is 12.6 Å². The highest BCUT2D eigenvalue weighted by molar-refractivity contribution is 7.53. The third-order valence-electron chi connectivity index (χ3n) is 4.07. The van der Waals surface area contributed by atoms with Crippen LogP contribution in [0.15, 0.2) is 42.5 Å². The quantitative estimate of drug-likeness (QED) is 0.675. The Bertz CT molecular complexity index is 703. The predicted octanol–water partition coefficient (Wildman–Crippen LogP) is 3.76. The third-order valence-corrected chi connectivity index (χ3v) is 5.91. The monoisotopic (exact) mass is 305 g/mol. The van der Waals surface area contributed by atoms with E-state index in [1.54, 1.807) is 6.92 Å². The summed E-state index contributed by atoms with van der Waals surface area (Å²) in [7, 11) is -3.51. The molecule has 0 aromatic heterocycles. The standard InChI is InChI=1S/C16H20NO3P/c1-3-20-21(18,19)16-11-17(16)12(2)14-9-8-13-6-4-5-7-15(13)10-14/h4-10,12,16H,3,11H2,1-2H3,(H,18,19). The Morgan fingerprint density at radius 1 is 1.33 bits per heavy atom. The molecule has 4 unspecified atom stereocenters. The highest BCUT2D eigenvalue weighted by atomic mass is 31.2. The lowest BCUT2D eigenvalue weighted by Crippen LogP contribution is -2.10. The first-order chi connectivity index (χ1) is 10.0. The van der Waals surface area contributed by atoms with E-state index in [2.05, 4.69) is 37.3 Å². The zero-order valence-corrected chi connectivity index (χ0v) is 13.2. The van der Waals surface area contributed by atoms with Gasteiger partial charge in [-0.05, 0) is 36.2 Å². The van der Waals surface area contributed by atoms with Crippen LogP contribution in [0.2, 0.25) is 0 Å². The smallest absolute Gasteiger partial charge is 0.323 e. The maximum atomic E-state index is 12.0. The minimum atomic E-state index is -3.51. The SMILES string of the molecule is CCOP(=O)(O)C1CN1C(C)c1ccc2ccccc2c1. The Morgan fingerprint density at radius 2 is 2.05 bits per heavy atom. The fraction of sp³-hybridized carbons (Fsp3) is 0.375. The molecule has 2 aromatic carbocycles. The van der Waals surface area contributed by atoms with Gasteiger partial charge in [0.2, 0.25) is 0 Å². The summed E-state index contributed by atoms with van der Waals surface area (Å²) in [6, 6.07) is 14.7. The van der Waals surface area contributed by atoms with Crippen molar-refractivity contribution < 1.29 is 14.0 Å². The number of benzene rings is 2. The van der Waals surface area contributed by atoms with Gasteiger partial charge in [0.15, 0.2) is 0 Å². The molecule has 4 atom stereocenters. The van der Waals surface area contributed by atoms with Crippen LogP contribution < -0.4 is 0 Å². The molecule has 0 saturated carbocycles. The first-order valence-electron chi connectivity index (χ1n) is 7.24. The van der Waals surface area contributed by atoms with Crippen molar-refractivity contribution >= 4 is 18.4 Å². The summed E-state index contributed by atoms with van der Waals surface area (Å²) < 4.78 is 17.0. The fourth-order valence-electron chi connectivity index (χ4n) is 2.78. The van der Waals surface area contributed by atoms with Gasteiger partial charge in [-0.15, -0.1) is 0 Å². The van der Waals surface area contributed by atoms with Gasteiger partial charge in [0.1, 0.15) is 5.78 Å². The molecule has 0 radical (unpaired) electrons. The molecule has 1 fully saturated rings. The number of rotatable bonds is 5. The highest BCUT2D eigenvalue weighted by Gasteiger charge is 2.51. The minimum absolute atomic E-state index is 0.112. The van der Waals surface area contributed by atoms with Gasteiger partial charge in [-0.1, -0.05) is 36.4 Å². The zero-order valence-electron chi connectivity index (χ0n) is 12.3. The number of fused-ring (bicyclic) bond motifs is 1. The summed E-state index contributed by atoms with van der Waals surface area (Å²) in [4.78, 5) is 11.9. The van der Waals surface area contributed by atoms with E-state index < -0.39 is 7.60 Å². The maximum absolute atomic E-state index is 12.0. The maximum Gasteiger partial charge on any atom is 0.346 e. The van der Waals surface area contributed by atoms with Crippen LogP contribution in [0.1, 0.15) is 25.5 Å². The number of hydrogen-bond donors (Lipinski definition) is 1. The van der Waals surface area contributed by atoms with E-state index in [9.17, 15) is 9.46 Å². The van der Waals surface area contributed by atoms with Crippen LogP contribution in [0.25, 0.3) is 10.8 Å². The molecule has 21 heavy (non-hydrogen) atoms. The molecule has 0 bridgehead atoms. The van der Waals surface area contributed by atoms with Crippen LogP contribution in [0, 0.1) is 0 Å². The van der Waals surface area contributed by atoms with Crippen molar-refractivity contribution in [2.24, 2.45) is 0 Å². The Hall–Kier alpha value is -1.19. The number of nitrogens with zero attached hydrogens (tertiary/aromatic N) is 1. The van der Waals surface area contributed by atoms with Crippen molar-refractivity contribution in [2.75, 3.05) is 13.2 Å². The third kappa shape index (κ3) is 2.90. The fourth-order valence-corrected chi connectivity index (χ4v) is 4.29. The summed E-state index contributed by atoms with van der Waals surface area (Å²) in [6.07, 6.45) is 0. The van der Waals surface area contributed by atoms with Gasteiger partial charge in [-0.2, -0.15) is 0 Å². The van der Waals surface area contributed by atoms with E-state index in [1.807, 2.05) is 17.0 Å². The van der Waals surface area contributed by atoms with Gasteiger partial charge in [0.25, 0.3) is 0 Å². The lowest BCUT2D eigenvalue weighted by Gasteiger charge is -2.17. The molecule has 0 spiro atoms. The summed E-state index contributed by atoms with van der Waals surface area (Å²) in [5, 5.41) is 2.40. The van der Waals surface area contributed by atoms with Crippen molar-refractivity contribution in [3.8, 4) is 0 Å². The van der Waals surface area contributed by atoms with Gasteiger partial charge >= 0.3 is 7.60 Å². The van der Waals surface area contributed by atoms with Gasteiger partial charge in [-0.3, -0.25) is 9.46 Å². The predicted molar refractivity (Wildman–Crippen MR) is 84.3 cm³/mol. The molecule has 1 saturated heterocycles. The second-order valence-electron chi connectivity index (χ2n) is 5.44. The molecular weight excluding hydrogens is 285 g/mol. The molecule has 112 valence electrons. The highest BCUT2D eigenvalue weighted by Crippen LogP contribution is 2.57. The van der Waals surface area contributed by atoms with E-state index in [0.29, 0.717) is 6.54 Å². The van der Waals surface area contributed by atoms with Crippen LogP contribution in [-0.2, 0) is 9.09 Å². The topological polar surface area (TPSA) is 49.5 Å². The average molecular weight is 305 g/mol. The van der Waals surface area contributed by atoms with Crippen molar-refractivity contribution in [3.63, 3.8) is 0 Å². The largest absolute Gasteiger partial charge is 0.346 e. The lowest BCUT2D eigenvalue weighted by atomic mass is 10.0. The molecule has 1 heterocycles. The van der Waals surface area contributed by atoms with Crippen LogP contribution in [0.4, 0.5) is 0 Å². The molecule has 1 N–H and O–H groups in total. The molecule has 0 aliphatic carbocycles. The molecule has 3 rings (SSSR count). The molecule has 1 aliphatic rings. The first-order valence-corrected chi connectivity index (χ1v) is 8.89. The summed E-state index contributed by atoms with van der Waals surface area (Å²) in [5.74, 6) is -0.362. The van der Waals surface area contributed by atoms with Crippen molar-refractivity contribution in [2.45, 2.75) is 25.7 Å². The molecule has 5 heteroatoms. The van der Waals surface area contributed by atoms with E-state index in [4.69, 9.17) is 4.52 Å². The Kier molecular flexibility index (Phi) is 3.89. The summed E-state index contributed by atoms with van der Waals surface area (Å²) in [5.41, 5.74) is 1.16. The average Bonchev–Trinajstić information content (AvgIpc) is 3.27. The molecule has 1 aliphatic heterocycles. The van der Waals surface area contributed by atoms with E-state index in [1.165, 1.54) is 10.8 Å². The Morgan fingerprint density at radius 3 is 2.76 bits per heavy atom. The first kappa shape index (κ1) is 14.7. The number of hydrogen-bond acceptors (Lipinski definition) is 3. The molecule has 2 aromatic rings. The van der Waals surface area contributed by atoms with Crippen LogP contribution >= 0.6 is 7.60 Å². The molecule has 4 nitrogen and oxygen atoms in total. The molecular formula is C16H20NO3P. The van der Waals surface area contributed by atoms with Crippen molar-refractivity contribution in [1.29, 1.82) is 0 Å². The van der Waals surface area contributed by atoms with Gasteiger partial charge in [0.05, 0.1) is 6.61 Å².